The number of rotatable bonds is 4. The summed E-state index contributed by atoms with van der Waals surface area (Å²) in [4.78, 5) is 9.53. The van der Waals surface area contributed by atoms with Crippen molar-refractivity contribution in [3.05, 3.63) is 0 Å². The molecule has 0 amide bonds. The third kappa shape index (κ3) is 3.74. The first-order valence-corrected chi connectivity index (χ1v) is 8.96. The molecule has 3 aliphatic rings. The largest absolute Gasteiger partial charge is 0.381 e. The van der Waals surface area contributed by atoms with E-state index in [1.165, 1.54) is 45.3 Å². The van der Waals surface area contributed by atoms with Gasteiger partial charge in [-0.2, -0.15) is 0 Å². The Bertz CT molecular complexity index is 386. The van der Waals surface area contributed by atoms with Crippen LogP contribution in [-0.2, 0) is 4.74 Å². The van der Waals surface area contributed by atoms with Crippen molar-refractivity contribution in [2.45, 2.75) is 32.6 Å². The molecule has 3 heterocycles. The number of likely N-dealkylation sites (tertiary alicyclic amines) is 2. The molecule has 0 aliphatic carbocycles. The normalized spacial score (nSPS) is 31.4. The third-order valence-electron chi connectivity index (χ3n) is 5.51. The van der Waals surface area contributed by atoms with Crippen LogP contribution in [0.15, 0.2) is 4.99 Å². The summed E-state index contributed by atoms with van der Waals surface area (Å²) in [5, 5.41) is 3.60. The number of ether oxygens (including phenoxy) is 1. The van der Waals surface area contributed by atoms with E-state index in [4.69, 9.17) is 4.74 Å². The molecule has 0 radical (unpaired) electrons. The van der Waals surface area contributed by atoms with Gasteiger partial charge in [-0.05, 0) is 44.7 Å². The smallest absolute Gasteiger partial charge is 0.193 e. The zero-order valence-corrected chi connectivity index (χ0v) is 14.3. The summed E-state index contributed by atoms with van der Waals surface area (Å²) in [7, 11) is 1.91. The lowest BCUT2D eigenvalue weighted by molar-refractivity contribution is 0.156. The fraction of sp³-hybridized carbons (Fsp3) is 0.941. The maximum Gasteiger partial charge on any atom is 0.193 e. The van der Waals surface area contributed by atoms with E-state index < -0.39 is 0 Å². The first-order chi connectivity index (χ1) is 10.7. The number of nitrogens with one attached hydrogen (secondary N) is 1. The molecule has 1 N–H and O–H groups in total. The number of nitrogens with zero attached hydrogens (tertiary/aromatic N) is 3. The van der Waals surface area contributed by atoms with Gasteiger partial charge in [0.25, 0.3) is 0 Å². The topological polar surface area (TPSA) is 40.1 Å². The van der Waals surface area contributed by atoms with Crippen molar-refractivity contribution in [2.75, 3.05) is 59.5 Å². The van der Waals surface area contributed by atoms with Gasteiger partial charge in [-0.15, -0.1) is 0 Å². The number of hydrogen-bond acceptors (Lipinski definition) is 3. The Morgan fingerprint density at radius 1 is 1.27 bits per heavy atom. The van der Waals surface area contributed by atoms with Crippen LogP contribution in [0.3, 0.4) is 0 Å². The van der Waals surface area contributed by atoms with Gasteiger partial charge in [0.05, 0.1) is 6.61 Å². The van der Waals surface area contributed by atoms with E-state index >= 15 is 0 Å². The molecular weight excluding hydrogens is 276 g/mol. The molecule has 3 rings (SSSR count). The quantitative estimate of drug-likeness (QED) is 0.630. The molecule has 126 valence electrons. The van der Waals surface area contributed by atoms with Crippen LogP contribution in [0.2, 0.25) is 0 Å². The maximum absolute atomic E-state index is 5.62. The van der Waals surface area contributed by atoms with Crippen LogP contribution >= 0.6 is 0 Å². The van der Waals surface area contributed by atoms with E-state index in [1.807, 2.05) is 7.05 Å². The summed E-state index contributed by atoms with van der Waals surface area (Å²) in [5.74, 6) is 1.75. The molecule has 0 bridgehead atoms. The van der Waals surface area contributed by atoms with Gasteiger partial charge in [0.15, 0.2) is 5.96 Å². The Morgan fingerprint density at radius 3 is 2.77 bits per heavy atom. The summed E-state index contributed by atoms with van der Waals surface area (Å²) in [6.07, 6.45) is 5.21. The second kappa shape index (κ2) is 7.18. The predicted octanol–water partition coefficient (Wildman–Crippen LogP) is 1.41. The van der Waals surface area contributed by atoms with E-state index in [0.717, 1.165) is 38.8 Å². The van der Waals surface area contributed by atoms with Crippen molar-refractivity contribution in [2.24, 2.45) is 16.3 Å². The van der Waals surface area contributed by atoms with Gasteiger partial charge < -0.3 is 19.9 Å². The summed E-state index contributed by atoms with van der Waals surface area (Å²) in [6, 6.07) is 0. The fourth-order valence-corrected chi connectivity index (χ4v) is 4.16. The molecule has 0 aromatic carbocycles. The second-order valence-corrected chi connectivity index (χ2v) is 7.52. The van der Waals surface area contributed by atoms with Gasteiger partial charge in [0.1, 0.15) is 0 Å². The van der Waals surface area contributed by atoms with E-state index in [1.54, 1.807) is 0 Å². The second-order valence-electron chi connectivity index (χ2n) is 7.52. The first kappa shape index (κ1) is 16.1. The molecule has 1 spiro atoms. The van der Waals surface area contributed by atoms with Gasteiger partial charge in [-0.3, -0.25) is 4.99 Å². The zero-order valence-electron chi connectivity index (χ0n) is 14.3. The Hall–Kier alpha value is -0.810. The molecule has 3 aliphatic heterocycles. The Kier molecular flexibility index (Phi) is 5.24. The average Bonchev–Trinajstić information content (AvgIpc) is 3.24. The number of hydrogen-bond donors (Lipinski definition) is 1. The molecule has 3 fully saturated rings. The molecule has 0 aromatic rings. The average molecular weight is 308 g/mol. The van der Waals surface area contributed by atoms with Crippen molar-refractivity contribution in [3.63, 3.8) is 0 Å². The highest BCUT2D eigenvalue weighted by Gasteiger charge is 2.42. The Morgan fingerprint density at radius 2 is 2.09 bits per heavy atom. The minimum absolute atomic E-state index is 0.402. The predicted molar refractivity (Wildman–Crippen MR) is 90.3 cm³/mol. The molecule has 3 saturated heterocycles. The molecule has 2 atom stereocenters. The van der Waals surface area contributed by atoms with Crippen molar-refractivity contribution in [1.29, 1.82) is 0 Å². The van der Waals surface area contributed by atoms with E-state index in [0.29, 0.717) is 11.3 Å². The number of aliphatic imine (C=N–C) groups is 1. The summed E-state index contributed by atoms with van der Waals surface area (Å²) >= 11 is 0. The van der Waals surface area contributed by atoms with Gasteiger partial charge in [-0.1, -0.05) is 6.92 Å². The molecule has 2 unspecified atom stereocenters. The van der Waals surface area contributed by atoms with Crippen LogP contribution in [0.4, 0.5) is 0 Å². The van der Waals surface area contributed by atoms with Crippen LogP contribution in [0, 0.1) is 11.3 Å². The van der Waals surface area contributed by atoms with Gasteiger partial charge >= 0.3 is 0 Å². The lowest BCUT2D eigenvalue weighted by Gasteiger charge is -2.26. The number of guanidine groups is 1. The van der Waals surface area contributed by atoms with Crippen molar-refractivity contribution < 1.29 is 4.74 Å². The van der Waals surface area contributed by atoms with Crippen LogP contribution in [0.1, 0.15) is 32.6 Å². The first-order valence-electron chi connectivity index (χ1n) is 8.96. The zero-order chi connectivity index (χ0) is 15.4. The summed E-state index contributed by atoms with van der Waals surface area (Å²) in [5.41, 5.74) is 0.402. The molecule has 0 saturated carbocycles. The fourth-order valence-electron chi connectivity index (χ4n) is 4.16. The third-order valence-corrected chi connectivity index (χ3v) is 5.51. The van der Waals surface area contributed by atoms with Crippen LogP contribution in [0.25, 0.3) is 0 Å². The van der Waals surface area contributed by atoms with E-state index in [-0.39, 0.29) is 0 Å². The highest BCUT2D eigenvalue weighted by molar-refractivity contribution is 5.80. The van der Waals surface area contributed by atoms with Crippen molar-refractivity contribution >= 4 is 5.96 Å². The van der Waals surface area contributed by atoms with Crippen molar-refractivity contribution in [1.82, 2.24) is 15.1 Å². The van der Waals surface area contributed by atoms with E-state index in [9.17, 15) is 0 Å². The van der Waals surface area contributed by atoms with Crippen molar-refractivity contribution in [3.8, 4) is 0 Å². The highest BCUT2D eigenvalue weighted by Crippen LogP contribution is 2.38. The van der Waals surface area contributed by atoms with Gasteiger partial charge in [0.2, 0.25) is 0 Å². The lowest BCUT2D eigenvalue weighted by Crippen LogP contribution is -2.44. The minimum Gasteiger partial charge on any atom is -0.381 e. The van der Waals surface area contributed by atoms with E-state index in [2.05, 4.69) is 27.0 Å². The van der Waals surface area contributed by atoms with Crippen LogP contribution < -0.4 is 5.32 Å². The van der Waals surface area contributed by atoms with Crippen LogP contribution in [0.5, 0.6) is 0 Å². The Balaban J connectivity index is 1.44. The molecule has 22 heavy (non-hydrogen) atoms. The molecule has 0 aromatic heterocycles. The lowest BCUT2D eigenvalue weighted by atomic mass is 9.87. The minimum atomic E-state index is 0.402. The molecule has 5 nitrogen and oxygen atoms in total. The molecular formula is C17H32N4O. The van der Waals surface area contributed by atoms with Gasteiger partial charge in [-0.25, -0.2) is 0 Å². The summed E-state index contributed by atoms with van der Waals surface area (Å²) in [6.45, 7) is 11.2. The Labute approximate surface area is 135 Å². The molecule has 5 heteroatoms. The SMILES string of the molecule is CN=C(NCC(C)CN1CCCC1)N1CCC2(CCOC2)C1. The van der Waals surface area contributed by atoms with Gasteiger partial charge in [0, 0.05) is 45.2 Å². The highest BCUT2D eigenvalue weighted by atomic mass is 16.5. The van der Waals surface area contributed by atoms with Crippen LogP contribution in [-0.4, -0.2) is 75.3 Å². The standard InChI is InChI=1S/C17H32N4O/c1-15(12-20-7-3-4-8-20)11-19-16(18-2)21-9-5-17(13-21)6-10-22-14-17/h15H,3-14H2,1-2H3,(H,18,19). The monoisotopic (exact) mass is 308 g/mol. The summed E-state index contributed by atoms with van der Waals surface area (Å²) < 4.78 is 5.62. The maximum atomic E-state index is 5.62.